The summed E-state index contributed by atoms with van der Waals surface area (Å²) in [6.07, 6.45) is 7.49. The Labute approximate surface area is 147 Å². The van der Waals surface area contributed by atoms with Gasteiger partial charge < -0.3 is 10.2 Å². The molecule has 0 unspecified atom stereocenters. The molecule has 132 valence electrons. The molecule has 7 nitrogen and oxygen atoms in total. The number of pyridine rings is 1. The van der Waals surface area contributed by atoms with Crippen LogP contribution in [0.4, 0.5) is 0 Å². The molecule has 2 aromatic heterocycles. The van der Waals surface area contributed by atoms with Gasteiger partial charge in [0.05, 0.1) is 11.9 Å². The van der Waals surface area contributed by atoms with Crippen molar-refractivity contribution in [1.82, 2.24) is 25.2 Å². The van der Waals surface area contributed by atoms with Gasteiger partial charge >= 0.3 is 0 Å². The van der Waals surface area contributed by atoms with E-state index in [1.165, 1.54) is 6.20 Å². The first kappa shape index (κ1) is 18.5. The van der Waals surface area contributed by atoms with Gasteiger partial charge in [-0.1, -0.05) is 13.0 Å². The lowest BCUT2D eigenvalue weighted by Crippen LogP contribution is -2.36. The van der Waals surface area contributed by atoms with Crippen molar-refractivity contribution < 1.29 is 9.59 Å². The van der Waals surface area contributed by atoms with Crippen LogP contribution in [-0.2, 0) is 11.3 Å². The summed E-state index contributed by atoms with van der Waals surface area (Å²) in [5.41, 5.74) is 2.00. The molecule has 1 N–H and O–H groups in total. The molecule has 2 amide bonds. The van der Waals surface area contributed by atoms with Crippen LogP contribution >= 0.6 is 0 Å². The van der Waals surface area contributed by atoms with Gasteiger partial charge in [0, 0.05) is 44.6 Å². The third-order valence-electron chi connectivity index (χ3n) is 3.60. The highest BCUT2D eigenvalue weighted by molar-refractivity contribution is 5.92. The number of aromatic nitrogens is 3. The average molecular weight is 341 g/mol. The minimum atomic E-state index is -0.200. The van der Waals surface area contributed by atoms with Crippen LogP contribution in [0.5, 0.6) is 0 Å². The second kappa shape index (κ2) is 9.46. The Hall–Kier alpha value is -2.83. The molecule has 0 saturated carbocycles. The van der Waals surface area contributed by atoms with Gasteiger partial charge in [-0.05, 0) is 25.0 Å². The largest absolute Gasteiger partial charge is 0.352 e. The molecule has 0 fully saturated rings. The van der Waals surface area contributed by atoms with E-state index in [4.69, 9.17) is 0 Å². The zero-order valence-corrected chi connectivity index (χ0v) is 14.6. The average Bonchev–Trinajstić information content (AvgIpc) is 2.64. The normalized spacial score (nSPS) is 10.3. The second-order valence-corrected chi connectivity index (χ2v) is 5.72. The molecule has 25 heavy (non-hydrogen) atoms. The van der Waals surface area contributed by atoms with Crippen LogP contribution in [0.2, 0.25) is 0 Å². The van der Waals surface area contributed by atoms with E-state index >= 15 is 0 Å². The van der Waals surface area contributed by atoms with Crippen LogP contribution in [0, 0.1) is 6.92 Å². The van der Waals surface area contributed by atoms with Gasteiger partial charge in [-0.15, -0.1) is 0 Å². The van der Waals surface area contributed by atoms with Gasteiger partial charge in [0.15, 0.2) is 0 Å². The summed E-state index contributed by atoms with van der Waals surface area (Å²) < 4.78 is 0. The molecule has 0 aromatic carbocycles. The molecule has 0 aliphatic heterocycles. The molecule has 0 atom stereocenters. The second-order valence-electron chi connectivity index (χ2n) is 5.72. The van der Waals surface area contributed by atoms with Crippen LogP contribution < -0.4 is 5.32 Å². The molecule has 2 aromatic rings. The van der Waals surface area contributed by atoms with Gasteiger partial charge in [0.1, 0.15) is 5.69 Å². The Bertz CT molecular complexity index is 688. The molecule has 0 aliphatic rings. The van der Waals surface area contributed by atoms with Crippen LogP contribution in [0.25, 0.3) is 0 Å². The fraction of sp³-hybridized carbons (Fsp3) is 0.389. The Morgan fingerprint density at radius 2 is 2.00 bits per heavy atom. The highest BCUT2D eigenvalue weighted by atomic mass is 16.2. The first-order valence-corrected chi connectivity index (χ1v) is 8.33. The van der Waals surface area contributed by atoms with Crippen molar-refractivity contribution >= 4 is 11.8 Å². The maximum absolute atomic E-state index is 12.5. The number of hydrogen-bond donors (Lipinski definition) is 1. The van der Waals surface area contributed by atoms with E-state index in [0.29, 0.717) is 25.3 Å². The number of aryl methyl sites for hydroxylation is 1. The van der Waals surface area contributed by atoms with E-state index in [1.807, 2.05) is 26.0 Å². The van der Waals surface area contributed by atoms with E-state index < -0.39 is 0 Å². The maximum Gasteiger partial charge on any atom is 0.274 e. The number of rotatable bonds is 8. The standard InChI is InChI=1S/C18H23N5O2/c1-3-8-23(18(25)16-13-20-14(2)10-21-16)9-6-17(24)22-12-15-5-4-7-19-11-15/h4-5,7,10-11,13H,3,6,8-9,12H2,1-2H3,(H,22,24). The molecule has 0 aliphatic carbocycles. The Balaban J connectivity index is 1.86. The number of nitrogens with zero attached hydrogens (tertiary/aromatic N) is 4. The third-order valence-corrected chi connectivity index (χ3v) is 3.60. The summed E-state index contributed by atoms with van der Waals surface area (Å²) in [6.45, 7) is 5.16. The van der Waals surface area contributed by atoms with Gasteiger partial charge in [0.2, 0.25) is 5.91 Å². The molecule has 0 radical (unpaired) electrons. The molecular formula is C18H23N5O2. The Morgan fingerprint density at radius 1 is 1.16 bits per heavy atom. The summed E-state index contributed by atoms with van der Waals surface area (Å²) >= 11 is 0. The molecule has 0 saturated heterocycles. The lowest BCUT2D eigenvalue weighted by Gasteiger charge is -2.21. The Morgan fingerprint density at radius 3 is 2.64 bits per heavy atom. The van der Waals surface area contributed by atoms with E-state index in [2.05, 4.69) is 20.3 Å². The summed E-state index contributed by atoms with van der Waals surface area (Å²) in [6, 6.07) is 3.72. The van der Waals surface area contributed by atoms with Crippen molar-refractivity contribution in [2.75, 3.05) is 13.1 Å². The minimum Gasteiger partial charge on any atom is -0.352 e. The van der Waals surface area contributed by atoms with Gasteiger partial charge in [-0.3, -0.25) is 19.6 Å². The highest BCUT2D eigenvalue weighted by Gasteiger charge is 2.17. The van der Waals surface area contributed by atoms with Crippen molar-refractivity contribution in [2.24, 2.45) is 0 Å². The van der Waals surface area contributed by atoms with Gasteiger partial charge in [-0.25, -0.2) is 4.98 Å². The van der Waals surface area contributed by atoms with Crippen molar-refractivity contribution in [1.29, 1.82) is 0 Å². The van der Waals surface area contributed by atoms with Crippen molar-refractivity contribution in [3.05, 3.63) is 53.9 Å². The van der Waals surface area contributed by atoms with Gasteiger partial charge in [-0.2, -0.15) is 0 Å². The molecule has 0 bridgehead atoms. The first-order chi connectivity index (χ1) is 12.1. The van der Waals surface area contributed by atoms with E-state index in [9.17, 15) is 9.59 Å². The molecule has 2 rings (SSSR count). The number of carbonyl (C=O) groups excluding carboxylic acids is 2. The summed E-state index contributed by atoms with van der Waals surface area (Å²) in [4.78, 5) is 38.4. The van der Waals surface area contributed by atoms with Crippen LogP contribution in [0.1, 0.15) is 41.5 Å². The summed E-state index contributed by atoms with van der Waals surface area (Å²) in [5, 5.41) is 2.84. The van der Waals surface area contributed by atoms with Crippen LogP contribution in [0.3, 0.4) is 0 Å². The number of carbonyl (C=O) groups is 2. The predicted molar refractivity (Wildman–Crippen MR) is 93.7 cm³/mol. The quantitative estimate of drug-likeness (QED) is 0.790. The van der Waals surface area contributed by atoms with Crippen molar-refractivity contribution in [2.45, 2.75) is 33.2 Å². The fourth-order valence-electron chi connectivity index (χ4n) is 2.28. The summed E-state index contributed by atoms with van der Waals surface area (Å²) in [5.74, 6) is -0.304. The zero-order valence-electron chi connectivity index (χ0n) is 14.6. The smallest absolute Gasteiger partial charge is 0.274 e. The van der Waals surface area contributed by atoms with E-state index in [1.54, 1.807) is 23.5 Å². The third kappa shape index (κ3) is 5.95. The topological polar surface area (TPSA) is 88.1 Å². The van der Waals surface area contributed by atoms with Crippen molar-refractivity contribution in [3.63, 3.8) is 0 Å². The van der Waals surface area contributed by atoms with Gasteiger partial charge in [0.25, 0.3) is 5.91 Å². The van der Waals surface area contributed by atoms with Crippen LogP contribution in [-0.4, -0.2) is 44.8 Å². The zero-order chi connectivity index (χ0) is 18.1. The van der Waals surface area contributed by atoms with E-state index in [0.717, 1.165) is 17.7 Å². The molecule has 0 spiro atoms. The lowest BCUT2D eigenvalue weighted by molar-refractivity contribution is -0.121. The predicted octanol–water partition coefficient (Wildman–Crippen LogP) is 1.74. The lowest BCUT2D eigenvalue weighted by atomic mass is 10.2. The monoisotopic (exact) mass is 341 g/mol. The number of hydrogen-bond acceptors (Lipinski definition) is 5. The highest BCUT2D eigenvalue weighted by Crippen LogP contribution is 2.04. The van der Waals surface area contributed by atoms with E-state index in [-0.39, 0.29) is 18.2 Å². The molecular weight excluding hydrogens is 318 g/mol. The SMILES string of the molecule is CCCN(CCC(=O)NCc1cccnc1)C(=O)c1cnc(C)cn1. The van der Waals surface area contributed by atoms with Crippen LogP contribution in [0.15, 0.2) is 36.9 Å². The van der Waals surface area contributed by atoms with Crippen molar-refractivity contribution in [3.8, 4) is 0 Å². The Kier molecular flexibility index (Phi) is 7.00. The number of nitrogens with one attached hydrogen (secondary N) is 1. The molecule has 7 heteroatoms. The number of amides is 2. The maximum atomic E-state index is 12.5. The fourth-order valence-corrected chi connectivity index (χ4v) is 2.28. The first-order valence-electron chi connectivity index (χ1n) is 8.33. The summed E-state index contributed by atoms with van der Waals surface area (Å²) in [7, 11) is 0. The molecule has 2 heterocycles. The minimum absolute atomic E-state index is 0.104.